The fourth-order valence-electron chi connectivity index (χ4n) is 2.25. The van der Waals surface area contributed by atoms with Crippen molar-refractivity contribution < 1.29 is 9.53 Å². The largest absolute Gasteiger partial charge is 0.468 e. The zero-order chi connectivity index (χ0) is 15.2. The van der Waals surface area contributed by atoms with E-state index in [9.17, 15) is 4.79 Å². The molecule has 1 atom stereocenters. The second-order valence-electron chi connectivity index (χ2n) is 5.08. The number of benzene rings is 2. The molecule has 0 saturated carbocycles. The molecule has 3 heteroatoms. The molecule has 0 radical (unpaired) electrons. The summed E-state index contributed by atoms with van der Waals surface area (Å²) in [6, 6.07) is 16.1. The SMILES string of the molecule is CCc1ccc(-c2ccc(C[C@H](N)C(=O)OC)cc2)cc1. The quantitative estimate of drug-likeness (QED) is 0.858. The number of methoxy groups -OCH3 is 1. The van der Waals surface area contributed by atoms with E-state index in [0.717, 1.165) is 17.5 Å². The zero-order valence-electron chi connectivity index (χ0n) is 12.5. The number of ether oxygens (including phenoxy) is 1. The summed E-state index contributed by atoms with van der Waals surface area (Å²) in [4.78, 5) is 11.3. The van der Waals surface area contributed by atoms with Crippen LogP contribution in [0.15, 0.2) is 48.5 Å². The Labute approximate surface area is 125 Å². The summed E-state index contributed by atoms with van der Waals surface area (Å²) >= 11 is 0. The summed E-state index contributed by atoms with van der Waals surface area (Å²) in [5.74, 6) is -0.380. The predicted molar refractivity (Wildman–Crippen MR) is 85.0 cm³/mol. The van der Waals surface area contributed by atoms with Crippen LogP contribution in [0, 0.1) is 0 Å². The summed E-state index contributed by atoms with van der Waals surface area (Å²) in [6.07, 6.45) is 1.53. The lowest BCUT2D eigenvalue weighted by Gasteiger charge is -2.10. The van der Waals surface area contributed by atoms with Crippen LogP contribution in [0.1, 0.15) is 18.1 Å². The third-order valence-electron chi connectivity index (χ3n) is 3.61. The molecule has 2 N–H and O–H groups in total. The molecule has 0 bridgehead atoms. The van der Waals surface area contributed by atoms with Crippen LogP contribution in [-0.4, -0.2) is 19.1 Å². The van der Waals surface area contributed by atoms with Crippen LogP contribution < -0.4 is 5.73 Å². The van der Waals surface area contributed by atoms with E-state index in [1.165, 1.54) is 18.2 Å². The van der Waals surface area contributed by atoms with E-state index in [1.54, 1.807) is 0 Å². The first-order valence-corrected chi connectivity index (χ1v) is 7.15. The lowest BCUT2D eigenvalue weighted by atomic mass is 10.00. The van der Waals surface area contributed by atoms with Gasteiger partial charge in [-0.25, -0.2) is 0 Å². The van der Waals surface area contributed by atoms with Gasteiger partial charge in [0, 0.05) is 0 Å². The smallest absolute Gasteiger partial charge is 0.322 e. The standard InChI is InChI=1S/C18H21NO2/c1-3-13-4-8-15(9-5-13)16-10-6-14(7-11-16)12-17(19)18(20)21-2/h4-11,17H,3,12,19H2,1-2H3/t17-/m0/s1. The zero-order valence-corrected chi connectivity index (χ0v) is 12.5. The van der Waals surface area contributed by atoms with E-state index in [0.29, 0.717) is 6.42 Å². The van der Waals surface area contributed by atoms with E-state index < -0.39 is 6.04 Å². The Hall–Kier alpha value is -2.13. The van der Waals surface area contributed by atoms with Gasteiger partial charge in [0.1, 0.15) is 6.04 Å². The van der Waals surface area contributed by atoms with Crippen LogP contribution in [0.2, 0.25) is 0 Å². The fraction of sp³-hybridized carbons (Fsp3) is 0.278. The number of rotatable bonds is 5. The van der Waals surface area contributed by atoms with E-state index in [-0.39, 0.29) is 5.97 Å². The molecule has 0 aromatic heterocycles. The normalized spacial score (nSPS) is 12.0. The van der Waals surface area contributed by atoms with Gasteiger partial charge < -0.3 is 10.5 Å². The minimum absolute atomic E-state index is 0.380. The van der Waals surface area contributed by atoms with E-state index in [4.69, 9.17) is 5.73 Å². The van der Waals surface area contributed by atoms with Gasteiger partial charge in [0.05, 0.1) is 7.11 Å². The van der Waals surface area contributed by atoms with Crippen molar-refractivity contribution in [2.75, 3.05) is 7.11 Å². The number of esters is 1. The lowest BCUT2D eigenvalue weighted by molar-refractivity contribution is -0.142. The summed E-state index contributed by atoms with van der Waals surface area (Å²) in [5, 5.41) is 0. The lowest BCUT2D eigenvalue weighted by Crippen LogP contribution is -2.33. The Balaban J connectivity index is 2.09. The summed E-state index contributed by atoms with van der Waals surface area (Å²) < 4.78 is 4.64. The van der Waals surface area contributed by atoms with Gasteiger partial charge >= 0.3 is 5.97 Å². The average Bonchev–Trinajstić information content (AvgIpc) is 2.55. The van der Waals surface area contributed by atoms with E-state index in [1.807, 2.05) is 12.1 Å². The molecule has 0 aliphatic rings. The first-order chi connectivity index (χ1) is 10.1. The molecule has 110 valence electrons. The highest BCUT2D eigenvalue weighted by atomic mass is 16.5. The third kappa shape index (κ3) is 3.92. The number of hydrogen-bond acceptors (Lipinski definition) is 3. The predicted octanol–water partition coefficient (Wildman–Crippen LogP) is 2.96. The number of carbonyl (C=O) groups excluding carboxylic acids is 1. The van der Waals surface area contributed by atoms with Gasteiger partial charge in [0.2, 0.25) is 0 Å². The van der Waals surface area contributed by atoms with E-state index >= 15 is 0 Å². The maximum Gasteiger partial charge on any atom is 0.322 e. The fourth-order valence-corrected chi connectivity index (χ4v) is 2.25. The van der Waals surface area contributed by atoms with Gasteiger partial charge in [-0.15, -0.1) is 0 Å². The Kier molecular flexibility index (Phi) is 5.12. The van der Waals surface area contributed by atoms with Gasteiger partial charge in [0.15, 0.2) is 0 Å². The Morgan fingerprint density at radius 1 is 1.00 bits per heavy atom. The Morgan fingerprint density at radius 3 is 1.90 bits per heavy atom. The molecule has 0 fully saturated rings. The first kappa shape index (κ1) is 15.3. The molecule has 0 amide bonds. The van der Waals surface area contributed by atoms with Crippen molar-refractivity contribution in [2.24, 2.45) is 5.73 Å². The van der Waals surface area contributed by atoms with Crippen LogP contribution in [0.4, 0.5) is 0 Å². The monoisotopic (exact) mass is 283 g/mol. The number of carbonyl (C=O) groups is 1. The van der Waals surface area contributed by atoms with Crippen molar-refractivity contribution in [1.29, 1.82) is 0 Å². The molecule has 0 heterocycles. The van der Waals surface area contributed by atoms with Gasteiger partial charge in [-0.05, 0) is 35.1 Å². The minimum Gasteiger partial charge on any atom is -0.468 e. The van der Waals surface area contributed by atoms with Crippen LogP contribution in [0.25, 0.3) is 11.1 Å². The van der Waals surface area contributed by atoms with Gasteiger partial charge in [0.25, 0.3) is 0 Å². The second-order valence-corrected chi connectivity index (χ2v) is 5.08. The molecular weight excluding hydrogens is 262 g/mol. The Bertz CT molecular complexity index is 588. The summed E-state index contributed by atoms with van der Waals surface area (Å²) in [5.41, 5.74) is 10.5. The summed E-state index contributed by atoms with van der Waals surface area (Å²) in [7, 11) is 1.35. The maximum atomic E-state index is 11.3. The first-order valence-electron chi connectivity index (χ1n) is 7.15. The highest BCUT2D eigenvalue weighted by Crippen LogP contribution is 2.21. The van der Waals surface area contributed by atoms with Crippen molar-refractivity contribution in [1.82, 2.24) is 0 Å². The van der Waals surface area contributed by atoms with Crippen LogP contribution >= 0.6 is 0 Å². The molecule has 0 spiro atoms. The topological polar surface area (TPSA) is 52.3 Å². The highest BCUT2D eigenvalue weighted by Gasteiger charge is 2.13. The molecule has 2 aromatic rings. The van der Waals surface area contributed by atoms with Crippen LogP contribution in [-0.2, 0) is 22.4 Å². The second kappa shape index (κ2) is 7.04. The molecule has 0 saturated heterocycles. The van der Waals surface area contributed by atoms with Crippen LogP contribution in [0.5, 0.6) is 0 Å². The number of nitrogens with two attached hydrogens (primary N) is 1. The third-order valence-corrected chi connectivity index (χ3v) is 3.61. The molecule has 21 heavy (non-hydrogen) atoms. The Morgan fingerprint density at radius 2 is 1.48 bits per heavy atom. The van der Waals surface area contributed by atoms with Crippen molar-refractivity contribution in [3.63, 3.8) is 0 Å². The summed E-state index contributed by atoms with van der Waals surface area (Å²) in [6.45, 7) is 2.15. The average molecular weight is 283 g/mol. The van der Waals surface area contributed by atoms with Crippen molar-refractivity contribution in [3.05, 3.63) is 59.7 Å². The van der Waals surface area contributed by atoms with Crippen molar-refractivity contribution >= 4 is 5.97 Å². The molecule has 0 unspecified atom stereocenters. The van der Waals surface area contributed by atoms with Gasteiger partial charge in [-0.3, -0.25) is 4.79 Å². The number of aryl methyl sites for hydroxylation is 1. The maximum absolute atomic E-state index is 11.3. The van der Waals surface area contributed by atoms with Crippen molar-refractivity contribution in [2.45, 2.75) is 25.8 Å². The molecule has 3 nitrogen and oxygen atoms in total. The van der Waals surface area contributed by atoms with Crippen LogP contribution in [0.3, 0.4) is 0 Å². The number of hydrogen-bond donors (Lipinski definition) is 1. The van der Waals surface area contributed by atoms with Gasteiger partial charge in [-0.1, -0.05) is 55.5 Å². The molecule has 2 rings (SSSR count). The molecular formula is C18H21NO2. The highest BCUT2D eigenvalue weighted by molar-refractivity contribution is 5.75. The van der Waals surface area contributed by atoms with E-state index in [2.05, 4.69) is 48.1 Å². The minimum atomic E-state index is -0.607. The molecule has 2 aromatic carbocycles. The molecule has 0 aliphatic carbocycles. The molecule has 0 aliphatic heterocycles. The van der Waals surface area contributed by atoms with Gasteiger partial charge in [-0.2, -0.15) is 0 Å². The van der Waals surface area contributed by atoms with Crippen molar-refractivity contribution in [3.8, 4) is 11.1 Å².